The van der Waals surface area contributed by atoms with E-state index in [0.29, 0.717) is 6.04 Å². The highest BCUT2D eigenvalue weighted by atomic mass is 79.9. The first kappa shape index (κ1) is 12.2. The van der Waals surface area contributed by atoms with Gasteiger partial charge in [-0.1, -0.05) is 27.7 Å². The van der Waals surface area contributed by atoms with Gasteiger partial charge in [-0.15, -0.1) is 11.3 Å². The molecule has 0 spiro atoms. The SMILES string of the molecule is CCNC(c1ccc(Br)s1)C(C)(C)C. The summed E-state index contributed by atoms with van der Waals surface area (Å²) in [4.78, 5) is 1.41. The van der Waals surface area contributed by atoms with Gasteiger partial charge in [0.25, 0.3) is 0 Å². The summed E-state index contributed by atoms with van der Waals surface area (Å²) in [6.45, 7) is 9.98. The molecule has 0 fully saturated rings. The zero-order chi connectivity index (χ0) is 10.8. The van der Waals surface area contributed by atoms with Gasteiger partial charge in [0.1, 0.15) is 0 Å². The highest BCUT2D eigenvalue weighted by molar-refractivity contribution is 9.11. The van der Waals surface area contributed by atoms with E-state index in [4.69, 9.17) is 0 Å². The van der Waals surface area contributed by atoms with Crippen LogP contribution in [0, 0.1) is 5.41 Å². The van der Waals surface area contributed by atoms with Crippen LogP contribution in [-0.4, -0.2) is 6.54 Å². The smallest absolute Gasteiger partial charge is 0.0701 e. The largest absolute Gasteiger partial charge is 0.309 e. The molecule has 14 heavy (non-hydrogen) atoms. The van der Waals surface area contributed by atoms with Crippen LogP contribution >= 0.6 is 27.3 Å². The lowest BCUT2D eigenvalue weighted by Gasteiger charge is -2.30. The first-order chi connectivity index (χ1) is 6.45. The van der Waals surface area contributed by atoms with Crippen molar-refractivity contribution in [2.45, 2.75) is 33.7 Å². The Bertz CT molecular complexity index is 288. The number of hydrogen-bond donors (Lipinski definition) is 1. The molecule has 1 nitrogen and oxygen atoms in total. The fraction of sp³-hybridized carbons (Fsp3) is 0.636. The second kappa shape index (κ2) is 4.77. The lowest BCUT2D eigenvalue weighted by Crippen LogP contribution is -2.31. The fourth-order valence-corrected chi connectivity index (χ4v) is 3.27. The van der Waals surface area contributed by atoms with E-state index >= 15 is 0 Å². The molecule has 0 aliphatic rings. The standard InChI is InChI=1S/C11H18BrNS/c1-5-13-10(11(2,3)4)8-6-7-9(12)14-8/h6-7,10,13H,5H2,1-4H3. The summed E-state index contributed by atoms with van der Waals surface area (Å²) in [5, 5.41) is 3.54. The van der Waals surface area contributed by atoms with E-state index in [9.17, 15) is 0 Å². The highest BCUT2D eigenvalue weighted by Gasteiger charge is 2.26. The van der Waals surface area contributed by atoms with E-state index in [2.05, 4.69) is 61.1 Å². The van der Waals surface area contributed by atoms with Gasteiger partial charge in [-0.05, 0) is 40.0 Å². The van der Waals surface area contributed by atoms with Crippen LogP contribution in [0.5, 0.6) is 0 Å². The van der Waals surface area contributed by atoms with Crippen molar-refractivity contribution in [2.75, 3.05) is 6.54 Å². The maximum atomic E-state index is 3.54. The lowest BCUT2D eigenvalue weighted by atomic mass is 9.86. The summed E-state index contributed by atoms with van der Waals surface area (Å²) in [5.41, 5.74) is 0.264. The zero-order valence-electron chi connectivity index (χ0n) is 9.23. The molecular formula is C11H18BrNS. The Morgan fingerprint density at radius 3 is 2.43 bits per heavy atom. The number of nitrogens with one attached hydrogen (secondary N) is 1. The molecule has 0 aliphatic carbocycles. The molecule has 0 aromatic carbocycles. The summed E-state index contributed by atoms with van der Waals surface area (Å²) in [5.74, 6) is 0. The molecule has 0 amide bonds. The molecule has 1 aromatic heterocycles. The molecule has 1 rings (SSSR count). The van der Waals surface area contributed by atoms with Crippen LogP contribution in [0.4, 0.5) is 0 Å². The van der Waals surface area contributed by atoms with Crippen LogP contribution in [0.2, 0.25) is 0 Å². The van der Waals surface area contributed by atoms with Gasteiger partial charge < -0.3 is 5.32 Å². The van der Waals surface area contributed by atoms with Gasteiger partial charge >= 0.3 is 0 Å². The summed E-state index contributed by atoms with van der Waals surface area (Å²) in [7, 11) is 0. The number of thiophene rings is 1. The van der Waals surface area contributed by atoms with Crippen molar-refractivity contribution in [1.29, 1.82) is 0 Å². The van der Waals surface area contributed by atoms with E-state index in [0.717, 1.165) is 6.54 Å². The second-order valence-electron chi connectivity index (χ2n) is 4.50. The monoisotopic (exact) mass is 275 g/mol. The molecule has 0 bridgehead atoms. The second-order valence-corrected chi connectivity index (χ2v) is 6.99. The predicted octanol–water partition coefficient (Wildman–Crippen LogP) is 4.21. The van der Waals surface area contributed by atoms with Crippen molar-refractivity contribution in [3.05, 3.63) is 20.8 Å². The Morgan fingerprint density at radius 1 is 1.43 bits per heavy atom. The molecule has 0 aliphatic heterocycles. The molecule has 0 radical (unpaired) electrons. The minimum atomic E-state index is 0.264. The van der Waals surface area contributed by atoms with Gasteiger partial charge in [0, 0.05) is 10.9 Å². The van der Waals surface area contributed by atoms with E-state index in [-0.39, 0.29) is 5.41 Å². The van der Waals surface area contributed by atoms with Crippen LogP contribution in [0.3, 0.4) is 0 Å². The van der Waals surface area contributed by atoms with Gasteiger partial charge in [-0.25, -0.2) is 0 Å². The van der Waals surface area contributed by atoms with Crippen molar-refractivity contribution >= 4 is 27.3 Å². The van der Waals surface area contributed by atoms with E-state index < -0.39 is 0 Å². The summed E-state index contributed by atoms with van der Waals surface area (Å²) < 4.78 is 1.21. The van der Waals surface area contributed by atoms with Crippen molar-refractivity contribution in [3.8, 4) is 0 Å². The van der Waals surface area contributed by atoms with Crippen molar-refractivity contribution < 1.29 is 0 Å². The third-order valence-corrected chi connectivity index (χ3v) is 3.84. The quantitative estimate of drug-likeness (QED) is 0.872. The Morgan fingerprint density at radius 2 is 2.07 bits per heavy atom. The van der Waals surface area contributed by atoms with Crippen LogP contribution in [0.1, 0.15) is 38.6 Å². The van der Waals surface area contributed by atoms with E-state index in [1.807, 2.05) is 11.3 Å². The molecule has 1 aromatic rings. The number of rotatable bonds is 3. The maximum Gasteiger partial charge on any atom is 0.0701 e. The average Bonchev–Trinajstić information content (AvgIpc) is 2.45. The minimum Gasteiger partial charge on any atom is -0.309 e. The van der Waals surface area contributed by atoms with E-state index in [1.165, 1.54) is 8.66 Å². The Kier molecular flexibility index (Phi) is 4.16. The van der Waals surface area contributed by atoms with Crippen molar-refractivity contribution in [3.63, 3.8) is 0 Å². The van der Waals surface area contributed by atoms with Gasteiger partial charge in [-0.3, -0.25) is 0 Å². The molecule has 1 N–H and O–H groups in total. The molecule has 80 valence electrons. The maximum absolute atomic E-state index is 3.54. The van der Waals surface area contributed by atoms with Crippen LogP contribution in [0.25, 0.3) is 0 Å². The third-order valence-electron chi connectivity index (χ3n) is 2.15. The average molecular weight is 276 g/mol. The Labute approximate surface area is 99.0 Å². The van der Waals surface area contributed by atoms with E-state index in [1.54, 1.807) is 0 Å². The minimum absolute atomic E-state index is 0.264. The molecular weight excluding hydrogens is 258 g/mol. The van der Waals surface area contributed by atoms with Crippen molar-refractivity contribution in [1.82, 2.24) is 5.32 Å². The molecule has 3 heteroatoms. The molecule has 0 saturated heterocycles. The summed E-state index contributed by atoms with van der Waals surface area (Å²) in [6.07, 6.45) is 0. The molecule has 0 saturated carbocycles. The summed E-state index contributed by atoms with van der Waals surface area (Å²) in [6, 6.07) is 4.77. The van der Waals surface area contributed by atoms with Gasteiger partial charge in [0.2, 0.25) is 0 Å². The highest BCUT2D eigenvalue weighted by Crippen LogP contribution is 2.37. The Balaban J connectivity index is 2.88. The summed E-state index contributed by atoms with van der Waals surface area (Å²) >= 11 is 5.33. The Hall–Kier alpha value is 0.140. The number of halogens is 1. The third kappa shape index (κ3) is 3.07. The lowest BCUT2D eigenvalue weighted by molar-refractivity contribution is 0.281. The fourth-order valence-electron chi connectivity index (χ4n) is 1.52. The first-order valence-corrected chi connectivity index (χ1v) is 6.54. The first-order valence-electron chi connectivity index (χ1n) is 4.93. The molecule has 1 unspecified atom stereocenters. The van der Waals surface area contributed by atoms with Crippen LogP contribution < -0.4 is 5.32 Å². The zero-order valence-corrected chi connectivity index (χ0v) is 11.6. The normalized spacial score (nSPS) is 14.4. The number of hydrogen-bond acceptors (Lipinski definition) is 2. The van der Waals surface area contributed by atoms with Gasteiger partial charge in [0.15, 0.2) is 0 Å². The molecule has 1 atom stereocenters. The predicted molar refractivity (Wildman–Crippen MR) is 67.9 cm³/mol. The van der Waals surface area contributed by atoms with Crippen molar-refractivity contribution in [2.24, 2.45) is 5.41 Å². The van der Waals surface area contributed by atoms with Crippen LogP contribution in [-0.2, 0) is 0 Å². The van der Waals surface area contributed by atoms with Gasteiger partial charge in [0.05, 0.1) is 3.79 Å². The van der Waals surface area contributed by atoms with Gasteiger partial charge in [-0.2, -0.15) is 0 Å². The van der Waals surface area contributed by atoms with Crippen LogP contribution in [0.15, 0.2) is 15.9 Å². The molecule has 1 heterocycles. The topological polar surface area (TPSA) is 12.0 Å².